The van der Waals surface area contributed by atoms with Crippen molar-refractivity contribution in [1.29, 1.82) is 0 Å². The number of anilines is 1. The van der Waals surface area contributed by atoms with Crippen molar-refractivity contribution in [2.75, 3.05) is 12.4 Å². The minimum Gasteiger partial charge on any atom is -0.406 e. The van der Waals surface area contributed by atoms with Gasteiger partial charge in [0.1, 0.15) is 5.75 Å². The van der Waals surface area contributed by atoms with Crippen LogP contribution in [0.25, 0.3) is 10.4 Å². The van der Waals surface area contributed by atoms with Crippen molar-refractivity contribution in [3.63, 3.8) is 0 Å². The highest BCUT2D eigenvalue weighted by atomic mass is 32.1. The van der Waals surface area contributed by atoms with Gasteiger partial charge in [0.05, 0.1) is 4.88 Å². The maximum atomic E-state index is 12.1. The number of nitrogens with one attached hydrogen (secondary N) is 1. The number of aromatic nitrogens is 1. The van der Waals surface area contributed by atoms with Gasteiger partial charge in [0.2, 0.25) is 0 Å². The number of alkyl halides is 3. The number of halogens is 3. The quantitative estimate of drug-likeness (QED) is 0.925. The van der Waals surface area contributed by atoms with E-state index >= 15 is 0 Å². The molecule has 0 unspecified atom stereocenters. The predicted molar refractivity (Wildman–Crippen MR) is 63.8 cm³/mol. The first-order valence-electron chi connectivity index (χ1n) is 4.98. The Hall–Kier alpha value is -1.76. The summed E-state index contributed by atoms with van der Waals surface area (Å²) in [5.41, 5.74) is 0.635. The second-order valence-corrected chi connectivity index (χ2v) is 4.39. The fourth-order valence-electron chi connectivity index (χ4n) is 1.37. The fraction of sp³-hybridized carbons (Fsp3) is 0.182. The zero-order chi connectivity index (χ0) is 13.2. The van der Waals surface area contributed by atoms with E-state index in [2.05, 4.69) is 15.0 Å². The number of ether oxygens (including phenoxy) is 1. The van der Waals surface area contributed by atoms with Gasteiger partial charge < -0.3 is 10.1 Å². The van der Waals surface area contributed by atoms with E-state index in [0.29, 0.717) is 10.7 Å². The lowest BCUT2D eigenvalue weighted by atomic mass is 10.2. The van der Waals surface area contributed by atoms with Crippen LogP contribution in [-0.2, 0) is 0 Å². The topological polar surface area (TPSA) is 34.2 Å². The van der Waals surface area contributed by atoms with Crippen LogP contribution in [0, 0.1) is 0 Å². The normalized spacial score (nSPS) is 11.3. The maximum Gasteiger partial charge on any atom is 0.573 e. The molecule has 0 saturated carbocycles. The third-order valence-electron chi connectivity index (χ3n) is 2.07. The highest BCUT2D eigenvalue weighted by Gasteiger charge is 2.31. The molecule has 1 heterocycles. The number of hydrogen-bond donors (Lipinski definition) is 1. The number of thiazole rings is 1. The third-order valence-corrected chi connectivity index (χ3v) is 3.14. The Morgan fingerprint density at radius 2 is 2.11 bits per heavy atom. The first-order chi connectivity index (χ1) is 8.48. The van der Waals surface area contributed by atoms with E-state index in [0.717, 1.165) is 4.88 Å². The highest BCUT2D eigenvalue weighted by Crippen LogP contribution is 2.32. The number of rotatable bonds is 3. The van der Waals surface area contributed by atoms with Crippen LogP contribution in [0.5, 0.6) is 5.75 Å². The second-order valence-electron chi connectivity index (χ2n) is 3.36. The summed E-state index contributed by atoms with van der Waals surface area (Å²) in [7, 11) is 1.73. The monoisotopic (exact) mass is 274 g/mol. The van der Waals surface area contributed by atoms with Gasteiger partial charge in [-0.3, -0.25) is 0 Å². The lowest BCUT2D eigenvalue weighted by Gasteiger charge is -2.09. The van der Waals surface area contributed by atoms with E-state index in [-0.39, 0.29) is 5.75 Å². The molecule has 3 nitrogen and oxygen atoms in total. The van der Waals surface area contributed by atoms with Crippen molar-refractivity contribution >= 4 is 16.5 Å². The molecule has 2 rings (SSSR count). The van der Waals surface area contributed by atoms with Gasteiger partial charge in [0.15, 0.2) is 5.13 Å². The van der Waals surface area contributed by atoms with Crippen molar-refractivity contribution in [3.05, 3.63) is 30.5 Å². The molecule has 0 fully saturated rings. The summed E-state index contributed by atoms with van der Waals surface area (Å²) < 4.78 is 40.1. The van der Waals surface area contributed by atoms with Gasteiger partial charge in [-0.15, -0.1) is 13.2 Å². The third kappa shape index (κ3) is 3.13. The van der Waals surface area contributed by atoms with E-state index in [4.69, 9.17) is 0 Å². The van der Waals surface area contributed by atoms with Crippen LogP contribution in [0.2, 0.25) is 0 Å². The van der Waals surface area contributed by atoms with E-state index in [1.54, 1.807) is 19.3 Å². The van der Waals surface area contributed by atoms with E-state index < -0.39 is 6.36 Å². The van der Waals surface area contributed by atoms with Crippen molar-refractivity contribution in [2.45, 2.75) is 6.36 Å². The fourth-order valence-corrected chi connectivity index (χ4v) is 2.14. The van der Waals surface area contributed by atoms with Gasteiger partial charge in [-0.2, -0.15) is 0 Å². The maximum absolute atomic E-state index is 12.1. The summed E-state index contributed by atoms with van der Waals surface area (Å²) in [5, 5.41) is 3.57. The number of nitrogens with zero attached hydrogens (tertiary/aromatic N) is 1. The first-order valence-corrected chi connectivity index (χ1v) is 5.79. The smallest absolute Gasteiger partial charge is 0.406 e. The summed E-state index contributed by atoms with van der Waals surface area (Å²) in [4.78, 5) is 4.83. The molecule has 18 heavy (non-hydrogen) atoms. The Morgan fingerprint density at radius 1 is 1.33 bits per heavy atom. The molecule has 0 atom stereocenters. The summed E-state index contributed by atoms with van der Waals surface area (Å²) in [6, 6.07) is 5.81. The summed E-state index contributed by atoms with van der Waals surface area (Å²) in [6.45, 7) is 0. The molecule has 0 spiro atoms. The van der Waals surface area contributed by atoms with Crippen LogP contribution in [0.4, 0.5) is 18.3 Å². The van der Waals surface area contributed by atoms with Crippen molar-refractivity contribution in [3.8, 4) is 16.2 Å². The summed E-state index contributed by atoms with van der Waals surface area (Å²) >= 11 is 1.35. The van der Waals surface area contributed by atoms with E-state index in [1.165, 1.54) is 29.5 Å². The molecular formula is C11H9F3N2OS. The minimum absolute atomic E-state index is 0.237. The second kappa shape index (κ2) is 4.85. The zero-order valence-corrected chi connectivity index (χ0v) is 10.1. The van der Waals surface area contributed by atoms with Gasteiger partial charge in [0, 0.05) is 13.2 Å². The molecule has 0 amide bonds. The van der Waals surface area contributed by atoms with Crippen LogP contribution in [0.3, 0.4) is 0 Å². The molecule has 0 radical (unpaired) electrons. The predicted octanol–water partition coefficient (Wildman–Crippen LogP) is 3.75. The van der Waals surface area contributed by atoms with Crippen molar-refractivity contribution < 1.29 is 17.9 Å². The number of benzene rings is 1. The molecule has 1 aromatic carbocycles. The molecule has 0 aliphatic heterocycles. The lowest BCUT2D eigenvalue weighted by Crippen LogP contribution is -2.17. The number of hydrogen-bond acceptors (Lipinski definition) is 4. The Morgan fingerprint density at radius 3 is 2.72 bits per heavy atom. The molecule has 96 valence electrons. The average Bonchev–Trinajstić information content (AvgIpc) is 2.75. The van der Waals surface area contributed by atoms with Crippen molar-refractivity contribution in [1.82, 2.24) is 4.98 Å². The van der Waals surface area contributed by atoms with Gasteiger partial charge in [-0.25, -0.2) is 4.98 Å². The van der Waals surface area contributed by atoms with Crippen LogP contribution in [0.1, 0.15) is 0 Å². The summed E-state index contributed by atoms with van der Waals surface area (Å²) in [5.74, 6) is -0.237. The Kier molecular flexibility index (Phi) is 3.42. The molecule has 0 saturated heterocycles. The van der Waals surface area contributed by atoms with Crippen LogP contribution >= 0.6 is 11.3 Å². The minimum atomic E-state index is -4.68. The Balaban J connectivity index is 2.26. The molecule has 0 bridgehead atoms. The Labute approximate surface area is 105 Å². The van der Waals surface area contributed by atoms with Crippen LogP contribution in [0.15, 0.2) is 30.5 Å². The van der Waals surface area contributed by atoms with E-state index in [9.17, 15) is 13.2 Å². The lowest BCUT2D eigenvalue weighted by molar-refractivity contribution is -0.274. The van der Waals surface area contributed by atoms with Crippen LogP contribution in [-0.4, -0.2) is 18.4 Å². The molecule has 0 aliphatic rings. The zero-order valence-electron chi connectivity index (χ0n) is 9.28. The standard InChI is InChI=1S/C11H9F3N2OS/c1-15-10-16-6-9(18-10)7-3-2-4-8(5-7)17-11(12,13)14/h2-6H,1H3,(H,15,16). The Bertz CT molecular complexity index is 539. The largest absolute Gasteiger partial charge is 0.573 e. The SMILES string of the molecule is CNc1ncc(-c2cccc(OC(F)(F)F)c2)s1. The van der Waals surface area contributed by atoms with Gasteiger partial charge in [-0.1, -0.05) is 23.5 Å². The van der Waals surface area contributed by atoms with Gasteiger partial charge in [-0.05, 0) is 17.7 Å². The van der Waals surface area contributed by atoms with Crippen molar-refractivity contribution in [2.24, 2.45) is 0 Å². The van der Waals surface area contributed by atoms with Crippen LogP contribution < -0.4 is 10.1 Å². The molecule has 7 heteroatoms. The van der Waals surface area contributed by atoms with Gasteiger partial charge >= 0.3 is 6.36 Å². The van der Waals surface area contributed by atoms with E-state index in [1.807, 2.05) is 0 Å². The highest BCUT2D eigenvalue weighted by molar-refractivity contribution is 7.18. The molecule has 2 aromatic rings. The first kappa shape index (κ1) is 12.7. The summed E-state index contributed by atoms with van der Waals surface area (Å²) in [6.07, 6.45) is -3.08. The average molecular weight is 274 g/mol. The molecule has 1 N–H and O–H groups in total. The molecular weight excluding hydrogens is 265 g/mol. The van der Waals surface area contributed by atoms with Gasteiger partial charge in [0.25, 0.3) is 0 Å². The molecule has 0 aliphatic carbocycles. The molecule has 1 aromatic heterocycles.